The lowest BCUT2D eigenvalue weighted by Crippen LogP contribution is -2.29. The molecule has 5 N–H and O–H groups in total. The lowest BCUT2D eigenvalue weighted by atomic mass is 10.1. The number of aliphatic hydroxyl groups is 1. The van der Waals surface area contributed by atoms with Crippen molar-refractivity contribution in [3.05, 3.63) is 59.1 Å². The number of aliphatic hydroxyl groups excluding tert-OH is 1. The number of esters is 1. The molecule has 14 heteroatoms. The van der Waals surface area contributed by atoms with Crippen molar-refractivity contribution in [2.45, 2.75) is 44.8 Å². The Hall–Kier alpha value is -3.61. The number of nitrogens with zero attached hydrogens (tertiary/aromatic N) is 3. The molecule has 1 aliphatic heterocycles. The second-order valence-corrected chi connectivity index (χ2v) is 10.5. The summed E-state index contributed by atoms with van der Waals surface area (Å²) in [5.41, 5.74) is 5.60. The molecule has 3 heterocycles. The van der Waals surface area contributed by atoms with Gasteiger partial charge in [-0.05, 0) is 25.3 Å². The van der Waals surface area contributed by atoms with Gasteiger partial charge in [-0.3, -0.25) is 19.1 Å². The Morgan fingerprint density at radius 2 is 2.10 bits per heavy atom. The van der Waals surface area contributed by atoms with Gasteiger partial charge in [-0.2, -0.15) is 4.98 Å². The summed E-state index contributed by atoms with van der Waals surface area (Å²) in [4.78, 5) is 34.9. The summed E-state index contributed by atoms with van der Waals surface area (Å²) in [5, 5.41) is 15.6. The number of ether oxygens (including phenoxy) is 2. The first-order chi connectivity index (χ1) is 18.8. The monoisotopic (exact) mass is 556 g/mol. The average Bonchev–Trinajstić information content (AvgIpc) is 3.48. The summed E-state index contributed by atoms with van der Waals surface area (Å²) >= 11 is 0. The maximum atomic E-state index is 12.2. The van der Waals surface area contributed by atoms with E-state index in [0.717, 1.165) is 10.8 Å². The standard InChI is InChI=1S/C25H29N6O7P/c1-14(2)36-21(33)11-28-39(38-18-9-5-7-15-6-3-4-8-16(15)18)35-12-19-17(32)10-20(37-19)31-13-27-22-23(31)29-25(26)30-24(22)34/h3-9,13-14,17,19-20,28,32H,10-12H2,1-2H3,(H3,26,29,30,34). The highest BCUT2D eigenvalue weighted by Gasteiger charge is 2.37. The predicted molar refractivity (Wildman–Crippen MR) is 144 cm³/mol. The number of aromatic amines is 1. The third kappa shape index (κ3) is 6.18. The lowest BCUT2D eigenvalue weighted by Gasteiger charge is -2.22. The van der Waals surface area contributed by atoms with Crippen LogP contribution in [0.15, 0.2) is 53.6 Å². The van der Waals surface area contributed by atoms with Gasteiger partial charge >= 0.3 is 14.5 Å². The number of H-pyrrole nitrogens is 1. The van der Waals surface area contributed by atoms with Gasteiger partial charge < -0.3 is 29.4 Å². The number of imidazole rings is 1. The second kappa shape index (κ2) is 11.6. The molecule has 0 radical (unpaired) electrons. The van der Waals surface area contributed by atoms with Crippen molar-refractivity contribution in [1.29, 1.82) is 0 Å². The third-order valence-electron chi connectivity index (χ3n) is 5.97. The molecule has 39 heavy (non-hydrogen) atoms. The van der Waals surface area contributed by atoms with Crippen molar-refractivity contribution in [3.63, 3.8) is 0 Å². The topological polar surface area (TPSA) is 176 Å². The molecule has 13 nitrogen and oxygen atoms in total. The van der Waals surface area contributed by atoms with Crippen LogP contribution in [0.2, 0.25) is 0 Å². The maximum Gasteiger partial charge on any atom is 0.320 e. The zero-order valence-corrected chi connectivity index (χ0v) is 22.2. The van der Waals surface area contributed by atoms with Crippen LogP contribution in [0.1, 0.15) is 26.5 Å². The maximum absolute atomic E-state index is 12.2. The highest BCUT2D eigenvalue weighted by Crippen LogP contribution is 2.40. The van der Waals surface area contributed by atoms with E-state index in [1.165, 1.54) is 6.33 Å². The molecule has 4 atom stereocenters. The average molecular weight is 557 g/mol. The number of aromatic nitrogens is 4. The van der Waals surface area contributed by atoms with Crippen LogP contribution in [0.5, 0.6) is 5.75 Å². The molecule has 0 saturated carbocycles. The molecule has 0 aliphatic carbocycles. The molecule has 0 amide bonds. The highest BCUT2D eigenvalue weighted by molar-refractivity contribution is 7.45. The van der Waals surface area contributed by atoms with Crippen molar-refractivity contribution in [3.8, 4) is 5.75 Å². The van der Waals surface area contributed by atoms with Gasteiger partial charge in [0.15, 0.2) is 11.2 Å². The molecule has 1 fully saturated rings. The molecule has 2 aromatic heterocycles. The minimum absolute atomic E-state index is 0.0385. The number of nitrogens with one attached hydrogen (secondary N) is 2. The van der Waals surface area contributed by atoms with E-state index in [1.807, 2.05) is 42.5 Å². The first-order valence-corrected chi connectivity index (χ1v) is 13.5. The Balaban J connectivity index is 1.29. The zero-order valence-electron chi connectivity index (χ0n) is 21.3. The van der Waals surface area contributed by atoms with Crippen molar-refractivity contribution < 1.29 is 28.4 Å². The number of benzene rings is 2. The Morgan fingerprint density at radius 1 is 1.31 bits per heavy atom. The van der Waals surface area contributed by atoms with Gasteiger partial charge in [0.2, 0.25) is 5.95 Å². The summed E-state index contributed by atoms with van der Waals surface area (Å²) in [6.45, 7) is 3.36. The van der Waals surface area contributed by atoms with Crippen molar-refractivity contribution >= 4 is 42.4 Å². The van der Waals surface area contributed by atoms with E-state index in [0.29, 0.717) is 5.75 Å². The molecule has 2 aromatic carbocycles. The van der Waals surface area contributed by atoms with E-state index in [-0.39, 0.29) is 42.8 Å². The summed E-state index contributed by atoms with van der Waals surface area (Å²) in [5.74, 6) is 0.0769. The number of hydrogen-bond donors (Lipinski definition) is 4. The molecular formula is C25H29N6O7P. The van der Waals surface area contributed by atoms with E-state index in [9.17, 15) is 14.7 Å². The molecular weight excluding hydrogens is 527 g/mol. The number of fused-ring (bicyclic) bond motifs is 2. The molecule has 0 bridgehead atoms. The molecule has 5 rings (SSSR count). The van der Waals surface area contributed by atoms with E-state index < -0.39 is 38.5 Å². The number of carbonyl (C=O) groups excluding carboxylic acids is 1. The van der Waals surface area contributed by atoms with E-state index >= 15 is 0 Å². The highest BCUT2D eigenvalue weighted by atomic mass is 31.2. The molecule has 4 aromatic rings. The molecule has 1 aliphatic rings. The van der Waals surface area contributed by atoms with Crippen LogP contribution in [-0.4, -0.2) is 62.1 Å². The first-order valence-electron chi connectivity index (χ1n) is 12.4. The third-order valence-corrected chi connectivity index (χ3v) is 7.13. The largest absolute Gasteiger partial charge is 0.462 e. The van der Waals surface area contributed by atoms with Crippen LogP contribution < -0.4 is 20.9 Å². The Morgan fingerprint density at radius 3 is 2.92 bits per heavy atom. The lowest BCUT2D eigenvalue weighted by molar-refractivity contribution is -0.145. The Kier molecular flexibility index (Phi) is 8.05. The van der Waals surface area contributed by atoms with Crippen LogP contribution in [0.3, 0.4) is 0 Å². The van der Waals surface area contributed by atoms with Crippen molar-refractivity contribution in [2.75, 3.05) is 18.9 Å². The number of anilines is 1. The number of rotatable bonds is 10. The second-order valence-electron chi connectivity index (χ2n) is 9.20. The predicted octanol–water partition coefficient (Wildman–Crippen LogP) is 2.37. The smallest absolute Gasteiger partial charge is 0.320 e. The van der Waals surface area contributed by atoms with Crippen molar-refractivity contribution in [2.24, 2.45) is 0 Å². The Labute approximate surface area is 224 Å². The van der Waals surface area contributed by atoms with Gasteiger partial charge in [0, 0.05) is 11.8 Å². The molecule has 206 valence electrons. The van der Waals surface area contributed by atoms with Crippen LogP contribution in [0.4, 0.5) is 5.95 Å². The van der Waals surface area contributed by atoms with Gasteiger partial charge in [-0.25, -0.2) is 10.1 Å². The minimum atomic E-state index is -1.83. The normalized spacial score (nSPS) is 20.1. The summed E-state index contributed by atoms with van der Waals surface area (Å²) in [6.07, 6.45) is -0.879. The summed E-state index contributed by atoms with van der Waals surface area (Å²) in [6, 6.07) is 13.4. The van der Waals surface area contributed by atoms with Gasteiger partial charge in [-0.15, -0.1) is 0 Å². The SMILES string of the molecule is CC(C)OC(=O)CNP(OCC1OC(n2cnc3c(=O)[nH]c(N)nc32)CC1O)Oc1cccc2ccccc12. The number of nitrogens with two attached hydrogens (primary N) is 1. The van der Waals surface area contributed by atoms with E-state index in [4.69, 9.17) is 24.3 Å². The zero-order chi connectivity index (χ0) is 27.5. The fourth-order valence-corrected chi connectivity index (χ4v) is 5.32. The fraction of sp³-hybridized carbons (Fsp3) is 0.360. The quantitative estimate of drug-likeness (QED) is 0.167. The number of hydrogen-bond acceptors (Lipinski definition) is 11. The number of nitrogen functional groups attached to an aromatic ring is 1. The molecule has 1 saturated heterocycles. The van der Waals surface area contributed by atoms with Gasteiger partial charge in [-0.1, -0.05) is 36.4 Å². The van der Waals surface area contributed by atoms with Gasteiger partial charge in [0.05, 0.1) is 25.1 Å². The van der Waals surface area contributed by atoms with E-state index in [1.54, 1.807) is 18.4 Å². The van der Waals surface area contributed by atoms with Crippen LogP contribution in [0.25, 0.3) is 21.9 Å². The first kappa shape index (κ1) is 27.0. The summed E-state index contributed by atoms with van der Waals surface area (Å²) in [7, 11) is -1.83. The van der Waals surface area contributed by atoms with Crippen molar-refractivity contribution in [1.82, 2.24) is 24.6 Å². The Bertz CT molecular complexity index is 1520. The minimum Gasteiger partial charge on any atom is -0.462 e. The summed E-state index contributed by atoms with van der Waals surface area (Å²) < 4.78 is 25.0. The molecule has 0 spiro atoms. The van der Waals surface area contributed by atoms with Crippen LogP contribution >= 0.6 is 8.53 Å². The van der Waals surface area contributed by atoms with E-state index in [2.05, 4.69) is 20.0 Å². The van der Waals surface area contributed by atoms with Gasteiger partial charge in [0.25, 0.3) is 5.56 Å². The van der Waals surface area contributed by atoms with Crippen LogP contribution in [-0.2, 0) is 18.8 Å². The number of carbonyl (C=O) groups is 1. The fourth-order valence-electron chi connectivity index (χ4n) is 4.23. The van der Waals surface area contributed by atoms with Crippen LogP contribution in [0, 0.1) is 0 Å². The van der Waals surface area contributed by atoms with Gasteiger partial charge in [0.1, 0.15) is 24.6 Å². The molecule has 4 unspecified atom stereocenters.